The minimum atomic E-state index is 0.0723. The lowest BCUT2D eigenvalue weighted by molar-refractivity contribution is 0.668. The van der Waals surface area contributed by atoms with Gasteiger partial charge in [-0.05, 0) is 93.7 Å². The van der Waals surface area contributed by atoms with Gasteiger partial charge in [-0.1, -0.05) is 127 Å². The molecule has 0 amide bonds. The molecule has 0 saturated heterocycles. The van der Waals surface area contributed by atoms with Crippen LogP contribution in [0.3, 0.4) is 0 Å². The second kappa shape index (κ2) is 13.0. The Kier molecular flexibility index (Phi) is 7.29. The lowest BCUT2D eigenvalue weighted by atomic mass is 9.99. The van der Waals surface area contributed by atoms with E-state index in [1.54, 1.807) is 0 Å². The summed E-state index contributed by atoms with van der Waals surface area (Å²) in [6, 6.07) is 58.3. The molecule has 5 nitrogen and oxygen atoms in total. The molecule has 58 heavy (non-hydrogen) atoms. The SMILES string of the molecule is C1=CCC(c2nc(-c3ccc4ccccc4c3)nc(-c3ccc4c(c3)oc3cc(-n5c6ccc(-c7ccccc7)cc6c6cc7ccccc7cc65)ccc34)n2)C=C1. The highest BCUT2D eigenvalue weighted by molar-refractivity contribution is 6.15. The van der Waals surface area contributed by atoms with Gasteiger partial charge in [0.1, 0.15) is 17.0 Å². The maximum absolute atomic E-state index is 6.73. The number of benzene rings is 8. The van der Waals surface area contributed by atoms with Crippen LogP contribution in [0.1, 0.15) is 18.2 Å². The van der Waals surface area contributed by atoms with Gasteiger partial charge >= 0.3 is 0 Å². The summed E-state index contributed by atoms with van der Waals surface area (Å²) in [5, 5.41) is 9.33. The van der Waals surface area contributed by atoms with E-state index in [1.165, 1.54) is 38.1 Å². The van der Waals surface area contributed by atoms with E-state index in [2.05, 4.69) is 193 Å². The Balaban J connectivity index is 0.996. The molecule has 11 aromatic rings. The van der Waals surface area contributed by atoms with Crippen LogP contribution in [0.25, 0.3) is 105 Å². The van der Waals surface area contributed by atoms with Gasteiger partial charge in [-0.25, -0.2) is 15.0 Å². The summed E-state index contributed by atoms with van der Waals surface area (Å²) in [5.74, 6) is 2.13. The summed E-state index contributed by atoms with van der Waals surface area (Å²) < 4.78 is 9.10. The first-order valence-electron chi connectivity index (χ1n) is 19.8. The molecule has 3 aromatic heterocycles. The van der Waals surface area contributed by atoms with E-state index >= 15 is 0 Å². The van der Waals surface area contributed by atoms with Crippen LogP contribution in [0.2, 0.25) is 0 Å². The number of hydrogen-bond donors (Lipinski definition) is 0. The Labute approximate surface area is 333 Å². The minimum absolute atomic E-state index is 0.0723. The van der Waals surface area contributed by atoms with Gasteiger partial charge in [0.15, 0.2) is 11.6 Å². The van der Waals surface area contributed by atoms with Gasteiger partial charge in [0.2, 0.25) is 0 Å². The lowest BCUT2D eigenvalue weighted by Crippen LogP contribution is -2.07. The molecule has 0 fully saturated rings. The fourth-order valence-corrected chi connectivity index (χ4v) is 8.75. The van der Waals surface area contributed by atoms with E-state index in [0.717, 1.165) is 67.4 Å². The standard InChI is InChI=1S/C53H34N4O/c1-3-11-33(12-4-1)39-22-26-47-45(29-39)46-28-37-17-9-10-18-38(37)30-48(46)57(47)42-23-25-44-43-24-21-41(31-49(43)58-50(44)32-42)53-55-51(35-14-5-2-6-15-35)54-52(56-53)40-20-19-34-13-7-8-16-36(34)27-40/h1-14,16-32,35H,15H2. The predicted molar refractivity (Wildman–Crippen MR) is 238 cm³/mol. The summed E-state index contributed by atoms with van der Waals surface area (Å²) in [6.07, 6.45) is 9.34. The summed E-state index contributed by atoms with van der Waals surface area (Å²) in [7, 11) is 0. The third-order valence-electron chi connectivity index (χ3n) is 11.7. The molecule has 12 rings (SSSR count). The number of allylic oxidation sites excluding steroid dienone is 4. The van der Waals surface area contributed by atoms with Gasteiger partial charge in [0, 0.05) is 50.3 Å². The number of nitrogens with zero attached hydrogens (tertiary/aromatic N) is 4. The lowest BCUT2D eigenvalue weighted by Gasteiger charge is -2.14. The third-order valence-corrected chi connectivity index (χ3v) is 11.7. The van der Waals surface area contributed by atoms with Crippen LogP contribution >= 0.6 is 0 Å². The van der Waals surface area contributed by atoms with Crippen molar-refractivity contribution in [3.63, 3.8) is 0 Å². The first-order valence-corrected chi connectivity index (χ1v) is 19.8. The molecule has 8 aromatic carbocycles. The zero-order valence-corrected chi connectivity index (χ0v) is 31.4. The van der Waals surface area contributed by atoms with E-state index in [1.807, 2.05) is 0 Å². The zero-order chi connectivity index (χ0) is 38.2. The van der Waals surface area contributed by atoms with Crippen LogP contribution in [-0.4, -0.2) is 19.5 Å². The van der Waals surface area contributed by atoms with Gasteiger partial charge in [0.05, 0.1) is 11.0 Å². The molecule has 1 aliphatic rings. The number of furan rings is 1. The van der Waals surface area contributed by atoms with E-state index in [4.69, 9.17) is 19.4 Å². The van der Waals surface area contributed by atoms with Crippen molar-refractivity contribution in [3.05, 3.63) is 194 Å². The van der Waals surface area contributed by atoms with E-state index in [0.29, 0.717) is 11.6 Å². The largest absolute Gasteiger partial charge is 0.456 e. The van der Waals surface area contributed by atoms with Crippen molar-refractivity contribution in [2.45, 2.75) is 12.3 Å². The monoisotopic (exact) mass is 742 g/mol. The molecule has 1 unspecified atom stereocenters. The maximum Gasteiger partial charge on any atom is 0.163 e. The summed E-state index contributed by atoms with van der Waals surface area (Å²) in [6.45, 7) is 0. The van der Waals surface area contributed by atoms with Crippen molar-refractivity contribution in [1.29, 1.82) is 0 Å². The van der Waals surface area contributed by atoms with Crippen molar-refractivity contribution in [1.82, 2.24) is 19.5 Å². The van der Waals surface area contributed by atoms with E-state index in [-0.39, 0.29) is 5.92 Å². The molecule has 0 radical (unpaired) electrons. The number of fused-ring (bicyclic) bond motifs is 8. The number of aromatic nitrogens is 4. The van der Waals surface area contributed by atoms with Crippen LogP contribution in [0.15, 0.2) is 193 Å². The van der Waals surface area contributed by atoms with Crippen molar-refractivity contribution in [2.75, 3.05) is 0 Å². The average molecular weight is 743 g/mol. The second-order valence-electron chi connectivity index (χ2n) is 15.2. The van der Waals surface area contributed by atoms with E-state index < -0.39 is 0 Å². The van der Waals surface area contributed by atoms with Crippen LogP contribution in [0.5, 0.6) is 0 Å². The van der Waals surface area contributed by atoms with Crippen LogP contribution < -0.4 is 0 Å². The van der Waals surface area contributed by atoms with Gasteiger partial charge in [-0.15, -0.1) is 0 Å². The molecule has 0 bridgehead atoms. The molecule has 5 heteroatoms. The number of rotatable bonds is 5. The summed E-state index contributed by atoms with van der Waals surface area (Å²) in [5.41, 5.74) is 9.23. The molecule has 0 saturated carbocycles. The van der Waals surface area contributed by atoms with Crippen molar-refractivity contribution < 1.29 is 4.42 Å². The van der Waals surface area contributed by atoms with Crippen LogP contribution in [0, 0.1) is 0 Å². The molecule has 0 N–H and O–H groups in total. The highest BCUT2D eigenvalue weighted by Gasteiger charge is 2.20. The van der Waals surface area contributed by atoms with Gasteiger partial charge in [-0.3, -0.25) is 0 Å². The molecule has 1 atom stereocenters. The van der Waals surface area contributed by atoms with Gasteiger partial charge in [-0.2, -0.15) is 0 Å². The van der Waals surface area contributed by atoms with E-state index in [9.17, 15) is 0 Å². The second-order valence-corrected chi connectivity index (χ2v) is 15.2. The van der Waals surface area contributed by atoms with Crippen molar-refractivity contribution in [3.8, 4) is 39.6 Å². The highest BCUT2D eigenvalue weighted by atomic mass is 16.3. The predicted octanol–water partition coefficient (Wildman–Crippen LogP) is 13.8. The number of hydrogen-bond acceptors (Lipinski definition) is 4. The fraction of sp³-hybridized carbons (Fsp3) is 0.0377. The molecular formula is C53H34N4O. The minimum Gasteiger partial charge on any atom is -0.456 e. The smallest absolute Gasteiger partial charge is 0.163 e. The fourth-order valence-electron chi connectivity index (χ4n) is 8.75. The first kappa shape index (κ1) is 32.6. The quantitative estimate of drug-likeness (QED) is 0.176. The topological polar surface area (TPSA) is 56.7 Å². The third kappa shape index (κ3) is 5.35. The summed E-state index contributed by atoms with van der Waals surface area (Å²) >= 11 is 0. The zero-order valence-electron chi connectivity index (χ0n) is 31.4. The van der Waals surface area contributed by atoms with Crippen molar-refractivity contribution >= 4 is 65.3 Å². The van der Waals surface area contributed by atoms with Gasteiger partial charge in [0.25, 0.3) is 0 Å². The molecular weight excluding hydrogens is 709 g/mol. The average Bonchev–Trinajstić information content (AvgIpc) is 3.82. The Morgan fingerprint density at radius 1 is 0.448 bits per heavy atom. The van der Waals surface area contributed by atoms with Crippen LogP contribution in [-0.2, 0) is 0 Å². The Hall–Kier alpha value is -7.63. The Bertz CT molecular complexity index is 3500. The highest BCUT2D eigenvalue weighted by Crippen LogP contribution is 2.39. The normalized spacial score (nSPS) is 14.2. The molecule has 272 valence electrons. The van der Waals surface area contributed by atoms with Gasteiger partial charge < -0.3 is 8.98 Å². The summed E-state index contributed by atoms with van der Waals surface area (Å²) in [4.78, 5) is 15.2. The maximum atomic E-state index is 6.73. The van der Waals surface area contributed by atoms with Crippen molar-refractivity contribution in [2.24, 2.45) is 0 Å². The Morgan fingerprint density at radius 2 is 1.10 bits per heavy atom. The van der Waals surface area contributed by atoms with Crippen LogP contribution in [0.4, 0.5) is 0 Å². The molecule has 3 heterocycles. The first-order chi connectivity index (χ1) is 28.7. The molecule has 0 aliphatic heterocycles. The molecule has 0 spiro atoms. The Morgan fingerprint density at radius 3 is 1.90 bits per heavy atom. The molecule has 1 aliphatic carbocycles.